The summed E-state index contributed by atoms with van der Waals surface area (Å²) in [5.74, 6) is -4.81. The Morgan fingerprint density at radius 1 is 1.07 bits per heavy atom. The molecule has 2 aromatic rings. The fourth-order valence-corrected chi connectivity index (χ4v) is 2.53. The molecule has 2 aromatic carbocycles. The fraction of sp³-hybridized carbons (Fsp3) is 0.286. The second-order valence-electron chi connectivity index (χ2n) is 6.64. The predicted octanol–water partition coefficient (Wildman–Crippen LogP) is 4.14. The first-order valence-corrected chi connectivity index (χ1v) is 8.65. The third kappa shape index (κ3) is 4.69. The summed E-state index contributed by atoms with van der Waals surface area (Å²) in [5.41, 5.74) is -2.31. The molecule has 0 aliphatic heterocycles. The summed E-state index contributed by atoms with van der Waals surface area (Å²) in [7, 11) is 0. The molecular weight excluding hydrogens is 384 g/mol. The molecule has 151 valence electrons. The number of nitrogens with zero attached hydrogens (tertiary/aromatic N) is 1. The lowest BCUT2D eigenvalue weighted by atomic mass is 9.93. The molecular formula is C21H18F2NO5. The monoisotopic (exact) mass is 402 g/mol. The van der Waals surface area contributed by atoms with Crippen molar-refractivity contribution < 1.29 is 33.0 Å². The molecule has 1 radical (unpaired) electrons. The molecule has 6 nitrogen and oxygen atoms in total. The number of nitriles is 1. The van der Waals surface area contributed by atoms with E-state index >= 15 is 0 Å². The van der Waals surface area contributed by atoms with Crippen molar-refractivity contribution in [2.45, 2.75) is 39.9 Å². The first-order chi connectivity index (χ1) is 13.6. The molecule has 0 unspecified atom stereocenters. The van der Waals surface area contributed by atoms with Crippen molar-refractivity contribution in [2.75, 3.05) is 0 Å². The maximum Gasteiger partial charge on any atom is 0.342 e. The van der Waals surface area contributed by atoms with E-state index in [2.05, 4.69) is 6.07 Å². The van der Waals surface area contributed by atoms with Crippen LogP contribution in [0.4, 0.5) is 8.78 Å². The normalized spacial score (nSPS) is 10.7. The number of phenolic OH excluding ortho intramolecular Hbond substituents is 1. The van der Waals surface area contributed by atoms with Crippen LogP contribution >= 0.6 is 0 Å². The third-order valence-corrected chi connectivity index (χ3v) is 3.67. The Kier molecular flexibility index (Phi) is 6.54. The largest absolute Gasteiger partial charge is 0.507 e. The Morgan fingerprint density at radius 2 is 1.62 bits per heavy atom. The quantitative estimate of drug-likeness (QED) is 0.755. The Balaban J connectivity index is 2.73. The first-order valence-electron chi connectivity index (χ1n) is 8.65. The summed E-state index contributed by atoms with van der Waals surface area (Å²) in [6.07, 6.45) is -1.03. The van der Waals surface area contributed by atoms with E-state index in [1.54, 1.807) is 33.8 Å². The average Bonchev–Trinajstić information content (AvgIpc) is 2.60. The van der Waals surface area contributed by atoms with Crippen LogP contribution in [0, 0.1) is 29.0 Å². The van der Waals surface area contributed by atoms with Gasteiger partial charge in [0.15, 0.2) is 0 Å². The summed E-state index contributed by atoms with van der Waals surface area (Å²) >= 11 is 0. The second-order valence-corrected chi connectivity index (χ2v) is 6.64. The van der Waals surface area contributed by atoms with E-state index in [1.165, 1.54) is 0 Å². The lowest BCUT2D eigenvalue weighted by Crippen LogP contribution is -2.14. The van der Waals surface area contributed by atoms with E-state index in [0.29, 0.717) is 6.07 Å². The molecule has 0 saturated carbocycles. The molecule has 2 rings (SSSR count). The van der Waals surface area contributed by atoms with Crippen LogP contribution in [0.1, 0.15) is 54.0 Å². The molecule has 0 spiro atoms. The fourth-order valence-electron chi connectivity index (χ4n) is 2.53. The first kappa shape index (κ1) is 21.8. The Bertz CT molecular complexity index is 1010. The zero-order chi connectivity index (χ0) is 21.9. The number of hydrogen-bond donors (Lipinski definition) is 1. The maximum atomic E-state index is 14.6. The minimum absolute atomic E-state index is 0.309. The van der Waals surface area contributed by atoms with E-state index < -0.39 is 63.8 Å². The van der Waals surface area contributed by atoms with Gasteiger partial charge >= 0.3 is 11.9 Å². The van der Waals surface area contributed by atoms with Crippen molar-refractivity contribution in [3.8, 4) is 22.9 Å². The van der Waals surface area contributed by atoms with Gasteiger partial charge in [-0.1, -0.05) is 0 Å². The number of esters is 2. The zero-order valence-corrected chi connectivity index (χ0v) is 16.2. The number of rotatable bonds is 5. The molecule has 0 amide bonds. The maximum absolute atomic E-state index is 14.6. The molecule has 0 aliphatic rings. The van der Waals surface area contributed by atoms with E-state index in [4.69, 9.17) is 9.47 Å². The number of phenols is 1. The van der Waals surface area contributed by atoms with Crippen molar-refractivity contribution in [3.63, 3.8) is 0 Å². The Hall–Kier alpha value is -3.47. The number of aromatic hydroxyl groups is 1. The highest BCUT2D eigenvalue weighted by Gasteiger charge is 2.26. The van der Waals surface area contributed by atoms with Crippen LogP contribution in [0.25, 0.3) is 11.1 Å². The van der Waals surface area contributed by atoms with Crippen molar-refractivity contribution in [2.24, 2.45) is 0 Å². The minimum atomic E-state index is -1.12. The molecule has 0 atom stereocenters. The molecule has 1 N–H and O–H groups in total. The van der Waals surface area contributed by atoms with Crippen LogP contribution < -0.4 is 0 Å². The van der Waals surface area contributed by atoms with E-state index in [9.17, 15) is 28.7 Å². The number of hydrogen-bond acceptors (Lipinski definition) is 6. The topological polar surface area (TPSA) is 96.6 Å². The van der Waals surface area contributed by atoms with Crippen LogP contribution in [0.5, 0.6) is 5.75 Å². The van der Waals surface area contributed by atoms with Crippen LogP contribution in [0.3, 0.4) is 0 Å². The van der Waals surface area contributed by atoms with Crippen LogP contribution in [-0.4, -0.2) is 29.3 Å². The highest BCUT2D eigenvalue weighted by atomic mass is 19.1. The van der Waals surface area contributed by atoms with Gasteiger partial charge < -0.3 is 14.6 Å². The number of benzene rings is 2. The molecule has 0 saturated heterocycles. The van der Waals surface area contributed by atoms with E-state index in [-0.39, 0.29) is 5.56 Å². The molecule has 0 fully saturated rings. The number of carbonyl (C=O) groups is 2. The smallest absolute Gasteiger partial charge is 0.342 e. The van der Waals surface area contributed by atoms with Gasteiger partial charge in [0.05, 0.1) is 23.3 Å². The van der Waals surface area contributed by atoms with E-state index in [1.807, 2.05) is 0 Å². The summed E-state index contributed by atoms with van der Waals surface area (Å²) in [5, 5.41) is 19.4. The predicted molar refractivity (Wildman–Crippen MR) is 98.1 cm³/mol. The van der Waals surface area contributed by atoms with Gasteiger partial charge in [-0.2, -0.15) is 5.26 Å². The highest BCUT2D eigenvalue weighted by molar-refractivity contribution is 5.97. The lowest BCUT2D eigenvalue weighted by Gasteiger charge is -2.15. The SMILES string of the molecule is CC(C)OC(=O)c1cc(-c2c(F)[c]cc(C(=O)OC(C)C)c2C#N)c(F)cc1O. The van der Waals surface area contributed by atoms with Crippen molar-refractivity contribution in [3.05, 3.63) is 52.6 Å². The van der Waals surface area contributed by atoms with Crippen molar-refractivity contribution in [1.29, 1.82) is 5.26 Å². The van der Waals surface area contributed by atoms with Crippen molar-refractivity contribution in [1.82, 2.24) is 0 Å². The van der Waals surface area contributed by atoms with Crippen LogP contribution in [-0.2, 0) is 9.47 Å². The van der Waals surface area contributed by atoms with Gasteiger partial charge in [-0.05, 0) is 39.8 Å². The van der Waals surface area contributed by atoms with Gasteiger partial charge in [0.1, 0.15) is 29.0 Å². The summed E-state index contributed by atoms with van der Waals surface area (Å²) < 4.78 is 39.1. The Morgan fingerprint density at radius 3 is 2.14 bits per heavy atom. The van der Waals surface area contributed by atoms with Crippen LogP contribution in [0.15, 0.2) is 18.2 Å². The van der Waals surface area contributed by atoms with Crippen LogP contribution in [0.2, 0.25) is 0 Å². The zero-order valence-electron chi connectivity index (χ0n) is 16.2. The molecule has 0 aromatic heterocycles. The highest BCUT2D eigenvalue weighted by Crippen LogP contribution is 2.35. The standard InChI is InChI=1S/C21H18F2NO5/c1-10(2)28-20(26)12-5-6-16(22)19(15(12)9-24)13-7-14(18(25)8-17(13)23)21(27)29-11(3)4/h5,7-8,10-11,25H,1-4H3. The van der Waals surface area contributed by atoms with Gasteiger partial charge in [0, 0.05) is 23.3 Å². The minimum Gasteiger partial charge on any atom is -0.507 e. The van der Waals surface area contributed by atoms with Gasteiger partial charge in [0.25, 0.3) is 0 Å². The number of ether oxygens (including phenoxy) is 2. The molecule has 0 aliphatic carbocycles. The molecule has 29 heavy (non-hydrogen) atoms. The molecule has 8 heteroatoms. The summed E-state index contributed by atoms with van der Waals surface area (Å²) in [4.78, 5) is 24.4. The summed E-state index contributed by atoms with van der Waals surface area (Å²) in [6, 6.07) is 6.23. The number of carbonyl (C=O) groups excluding carboxylic acids is 2. The third-order valence-electron chi connectivity index (χ3n) is 3.67. The Labute approximate surface area is 166 Å². The van der Waals surface area contributed by atoms with Gasteiger partial charge in [-0.25, -0.2) is 18.4 Å². The molecule has 0 bridgehead atoms. The van der Waals surface area contributed by atoms with Gasteiger partial charge in [-0.15, -0.1) is 0 Å². The van der Waals surface area contributed by atoms with Gasteiger partial charge in [0.2, 0.25) is 0 Å². The summed E-state index contributed by atoms with van der Waals surface area (Å²) in [6.45, 7) is 6.33. The number of halogens is 2. The molecule has 0 heterocycles. The van der Waals surface area contributed by atoms with E-state index in [0.717, 1.165) is 12.1 Å². The lowest BCUT2D eigenvalue weighted by molar-refractivity contribution is 0.0364. The second kappa shape index (κ2) is 8.69. The van der Waals surface area contributed by atoms with Crippen molar-refractivity contribution >= 4 is 11.9 Å². The van der Waals surface area contributed by atoms with Gasteiger partial charge in [-0.3, -0.25) is 0 Å². The average molecular weight is 402 g/mol.